The van der Waals surface area contributed by atoms with E-state index in [2.05, 4.69) is 10.0 Å². The highest BCUT2D eigenvalue weighted by atomic mass is 32.2. The maximum Gasteiger partial charge on any atom is 0.261 e. The molecule has 5 nitrogen and oxygen atoms in total. The Labute approximate surface area is 194 Å². The number of benzene rings is 4. The third-order valence-corrected chi connectivity index (χ3v) is 6.67. The Balaban J connectivity index is 1.65. The topological polar surface area (TPSA) is 75.3 Å². The van der Waals surface area contributed by atoms with Crippen LogP contribution in [0.1, 0.15) is 33.1 Å². The highest BCUT2D eigenvalue weighted by Crippen LogP contribution is 2.25. The van der Waals surface area contributed by atoms with Gasteiger partial charge in [-0.1, -0.05) is 90.5 Å². The fourth-order valence-corrected chi connectivity index (χ4v) is 4.65. The number of carbonyl (C=O) groups excluding carboxylic acids is 1. The Morgan fingerprint density at radius 1 is 0.697 bits per heavy atom. The lowest BCUT2D eigenvalue weighted by molar-refractivity contribution is 0.0944. The van der Waals surface area contributed by atoms with Crippen molar-refractivity contribution >= 4 is 21.6 Å². The molecule has 0 heterocycles. The van der Waals surface area contributed by atoms with E-state index in [9.17, 15) is 13.2 Å². The highest BCUT2D eigenvalue weighted by Gasteiger charge is 2.22. The Hall–Kier alpha value is -3.90. The summed E-state index contributed by atoms with van der Waals surface area (Å²) < 4.78 is 28.2. The number of hydrogen-bond donors (Lipinski definition) is 2. The van der Waals surface area contributed by atoms with Crippen LogP contribution in [0, 0.1) is 6.92 Å². The smallest absolute Gasteiger partial charge is 0.261 e. The van der Waals surface area contributed by atoms with Gasteiger partial charge >= 0.3 is 0 Å². The minimum atomic E-state index is -3.84. The normalized spacial score (nSPS) is 12.0. The zero-order valence-electron chi connectivity index (χ0n) is 18.1. The van der Waals surface area contributed by atoms with Gasteiger partial charge in [0.25, 0.3) is 15.9 Å². The van der Waals surface area contributed by atoms with Crippen LogP contribution in [0.3, 0.4) is 0 Å². The van der Waals surface area contributed by atoms with Crippen LogP contribution < -0.4 is 10.0 Å². The summed E-state index contributed by atoms with van der Waals surface area (Å²) in [5.74, 6) is -0.379. The van der Waals surface area contributed by atoms with E-state index in [4.69, 9.17) is 0 Å². The van der Waals surface area contributed by atoms with Gasteiger partial charge in [0, 0.05) is 0 Å². The van der Waals surface area contributed by atoms with Gasteiger partial charge in [-0.05, 0) is 42.3 Å². The predicted molar refractivity (Wildman–Crippen MR) is 131 cm³/mol. The second kappa shape index (κ2) is 9.71. The van der Waals surface area contributed by atoms with Crippen molar-refractivity contribution in [3.8, 4) is 0 Å². The molecule has 0 radical (unpaired) electrons. The molecule has 166 valence electrons. The molecule has 6 heteroatoms. The quantitative estimate of drug-likeness (QED) is 0.395. The van der Waals surface area contributed by atoms with Crippen molar-refractivity contribution in [3.05, 3.63) is 131 Å². The molecule has 4 rings (SSSR count). The molecule has 4 aromatic carbocycles. The van der Waals surface area contributed by atoms with E-state index < -0.39 is 16.1 Å². The molecule has 2 N–H and O–H groups in total. The minimum absolute atomic E-state index is 0.127. The first-order chi connectivity index (χ1) is 15.9. The van der Waals surface area contributed by atoms with Gasteiger partial charge in [0.15, 0.2) is 0 Å². The molecule has 1 atom stereocenters. The molecular formula is C27H24N2O3S. The largest absolute Gasteiger partial charge is 0.341 e. The number of sulfonamides is 1. The fraction of sp³-hybridized carbons (Fsp3) is 0.0741. The van der Waals surface area contributed by atoms with Crippen LogP contribution in [-0.4, -0.2) is 14.3 Å². The number of rotatable bonds is 7. The average molecular weight is 457 g/mol. The van der Waals surface area contributed by atoms with Gasteiger partial charge in [0.2, 0.25) is 0 Å². The molecule has 0 aliphatic heterocycles. The van der Waals surface area contributed by atoms with E-state index in [0.29, 0.717) is 0 Å². The molecule has 33 heavy (non-hydrogen) atoms. The number of aryl methyl sites for hydroxylation is 1. The Kier molecular flexibility index (Phi) is 6.56. The second-order valence-electron chi connectivity index (χ2n) is 7.69. The summed E-state index contributed by atoms with van der Waals surface area (Å²) in [5.41, 5.74) is 3.44. The number of anilines is 1. The first-order valence-electron chi connectivity index (χ1n) is 10.5. The molecule has 0 saturated heterocycles. The van der Waals surface area contributed by atoms with Crippen LogP contribution in [0.2, 0.25) is 0 Å². The van der Waals surface area contributed by atoms with Crippen LogP contribution in [0.15, 0.2) is 114 Å². The molecule has 4 aromatic rings. The predicted octanol–water partition coefficient (Wildman–Crippen LogP) is 5.32. The van der Waals surface area contributed by atoms with Gasteiger partial charge in [-0.15, -0.1) is 0 Å². The molecule has 0 fully saturated rings. The van der Waals surface area contributed by atoms with Crippen LogP contribution in [0.4, 0.5) is 5.69 Å². The van der Waals surface area contributed by atoms with Crippen molar-refractivity contribution < 1.29 is 13.2 Å². The first kappa shape index (κ1) is 22.3. The SMILES string of the molecule is Cc1ccc([C@@H](NC(=O)c2ccccc2NS(=O)(=O)c2ccccc2)c2ccccc2)cc1. The lowest BCUT2D eigenvalue weighted by Gasteiger charge is -2.21. The van der Waals surface area contributed by atoms with E-state index in [1.54, 1.807) is 42.5 Å². The molecule has 0 spiro atoms. The minimum Gasteiger partial charge on any atom is -0.341 e. The molecule has 0 aromatic heterocycles. The van der Waals surface area contributed by atoms with E-state index in [1.165, 1.54) is 12.1 Å². The van der Waals surface area contributed by atoms with Crippen LogP contribution >= 0.6 is 0 Å². The van der Waals surface area contributed by atoms with Crippen molar-refractivity contribution in [3.63, 3.8) is 0 Å². The molecule has 0 aliphatic rings. The number of carbonyl (C=O) groups is 1. The molecule has 0 saturated carbocycles. The zero-order valence-corrected chi connectivity index (χ0v) is 18.9. The van der Waals surface area contributed by atoms with Gasteiger partial charge in [0.1, 0.15) is 0 Å². The van der Waals surface area contributed by atoms with Gasteiger partial charge < -0.3 is 5.32 Å². The number of para-hydroxylation sites is 1. The number of amides is 1. The van der Waals surface area contributed by atoms with Gasteiger partial charge in [-0.3, -0.25) is 9.52 Å². The fourth-order valence-electron chi connectivity index (χ4n) is 3.55. The maximum atomic E-state index is 13.4. The first-order valence-corrected chi connectivity index (χ1v) is 12.0. The van der Waals surface area contributed by atoms with Gasteiger partial charge in [-0.25, -0.2) is 8.42 Å². The average Bonchev–Trinajstić information content (AvgIpc) is 2.84. The third-order valence-electron chi connectivity index (χ3n) is 5.29. The van der Waals surface area contributed by atoms with E-state index >= 15 is 0 Å². The molecule has 0 unspecified atom stereocenters. The molecule has 1 amide bonds. The summed E-state index contributed by atoms with van der Waals surface area (Å²) in [7, 11) is -3.84. The Morgan fingerprint density at radius 2 is 1.24 bits per heavy atom. The van der Waals surface area contributed by atoms with Crippen LogP contribution in [0.5, 0.6) is 0 Å². The molecule has 0 aliphatic carbocycles. The third kappa shape index (κ3) is 5.30. The highest BCUT2D eigenvalue weighted by molar-refractivity contribution is 7.92. The van der Waals surface area contributed by atoms with Crippen molar-refractivity contribution in [2.24, 2.45) is 0 Å². The summed E-state index contributed by atoms with van der Waals surface area (Å²) in [6.45, 7) is 2.01. The molecular weight excluding hydrogens is 432 g/mol. The summed E-state index contributed by atoms with van der Waals surface area (Å²) in [6.07, 6.45) is 0. The molecule has 0 bridgehead atoms. The van der Waals surface area contributed by atoms with E-state index in [1.807, 2.05) is 61.5 Å². The van der Waals surface area contributed by atoms with E-state index in [-0.39, 0.29) is 22.1 Å². The number of nitrogens with one attached hydrogen (secondary N) is 2. The summed E-state index contributed by atoms with van der Waals surface area (Å²) in [5, 5.41) is 3.08. The monoisotopic (exact) mass is 456 g/mol. The lowest BCUT2D eigenvalue weighted by atomic mass is 9.97. The lowest BCUT2D eigenvalue weighted by Crippen LogP contribution is -2.30. The van der Waals surface area contributed by atoms with Crippen molar-refractivity contribution in [2.45, 2.75) is 17.9 Å². The van der Waals surface area contributed by atoms with Crippen LogP contribution in [0.25, 0.3) is 0 Å². The van der Waals surface area contributed by atoms with Crippen molar-refractivity contribution in [2.75, 3.05) is 4.72 Å². The van der Waals surface area contributed by atoms with Gasteiger partial charge in [-0.2, -0.15) is 0 Å². The zero-order chi connectivity index (χ0) is 23.3. The second-order valence-corrected chi connectivity index (χ2v) is 9.37. The Bertz CT molecular complexity index is 1340. The Morgan fingerprint density at radius 3 is 1.91 bits per heavy atom. The summed E-state index contributed by atoms with van der Waals surface area (Å²) in [6, 6.07) is 31.9. The number of hydrogen-bond acceptors (Lipinski definition) is 3. The van der Waals surface area contributed by atoms with Crippen LogP contribution in [-0.2, 0) is 10.0 Å². The standard InChI is InChI=1S/C27H24N2O3S/c1-20-16-18-22(19-17-20)26(21-10-4-2-5-11-21)28-27(30)24-14-8-9-15-25(24)29-33(31,32)23-12-6-3-7-13-23/h2-19,26,29H,1H3,(H,28,30)/t26-/m0/s1. The van der Waals surface area contributed by atoms with E-state index in [0.717, 1.165) is 16.7 Å². The van der Waals surface area contributed by atoms with Crippen molar-refractivity contribution in [1.29, 1.82) is 0 Å². The maximum absolute atomic E-state index is 13.4. The summed E-state index contributed by atoms with van der Waals surface area (Å²) in [4.78, 5) is 13.5. The summed E-state index contributed by atoms with van der Waals surface area (Å²) >= 11 is 0. The van der Waals surface area contributed by atoms with Gasteiger partial charge in [0.05, 0.1) is 22.2 Å². The van der Waals surface area contributed by atoms with Crippen molar-refractivity contribution in [1.82, 2.24) is 5.32 Å².